The third-order valence-electron chi connectivity index (χ3n) is 10.4. The molecule has 1 N–H and O–H groups in total. The van der Waals surface area contributed by atoms with Crippen LogP contribution < -0.4 is 14.2 Å². The van der Waals surface area contributed by atoms with Crippen LogP contribution in [0.1, 0.15) is 50.5 Å². The molecule has 11 heteroatoms. The molecular formula is C38H39ClF2N2O5S. The molecule has 2 aliphatic carbocycles. The van der Waals surface area contributed by atoms with E-state index in [9.17, 15) is 13.2 Å². The Hall–Kier alpha value is -3.73. The predicted octanol–water partition coefficient (Wildman–Crippen LogP) is 8.19. The summed E-state index contributed by atoms with van der Waals surface area (Å²) in [7, 11) is -3.22. The fourth-order valence-corrected chi connectivity index (χ4v) is 9.02. The van der Waals surface area contributed by atoms with Gasteiger partial charge in [0, 0.05) is 29.2 Å². The number of alkyl halides is 2. The van der Waals surface area contributed by atoms with Gasteiger partial charge < -0.3 is 14.4 Å². The summed E-state index contributed by atoms with van der Waals surface area (Å²) in [5, 5.41) is 1.88. The highest BCUT2D eigenvalue weighted by Crippen LogP contribution is 2.42. The van der Waals surface area contributed by atoms with E-state index in [0.29, 0.717) is 40.4 Å². The van der Waals surface area contributed by atoms with Crippen molar-refractivity contribution in [2.75, 3.05) is 20.2 Å². The number of fused-ring (bicyclic) bond motifs is 2. The fourth-order valence-electron chi connectivity index (χ4n) is 7.67. The molecule has 4 aromatic rings. The molecule has 0 spiro atoms. The maximum Gasteiger partial charge on any atom is 0.298 e. The molecule has 4 aromatic carbocycles. The maximum absolute atomic E-state index is 16.8. The topological polar surface area (TPSA) is 84.9 Å². The Morgan fingerprint density at radius 3 is 2.24 bits per heavy atom. The molecule has 49 heavy (non-hydrogen) atoms. The average Bonchev–Trinajstić information content (AvgIpc) is 3.86. The van der Waals surface area contributed by atoms with Gasteiger partial charge in [-0.05, 0) is 109 Å². The second-order valence-electron chi connectivity index (χ2n) is 13.5. The molecule has 1 aliphatic heterocycles. The van der Waals surface area contributed by atoms with Crippen LogP contribution in [0.4, 0.5) is 8.78 Å². The quantitative estimate of drug-likeness (QED) is 0.180. The number of halogens is 3. The number of nitrogens with zero attached hydrogens (tertiary/aromatic N) is 1. The van der Waals surface area contributed by atoms with Crippen LogP contribution in [0.25, 0.3) is 21.9 Å². The van der Waals surface area contributed by atoms with E-state index >= 15 is 8.78 Å². The van der Waals surface area contributed by atoms with Gasteiger partial charge in [-0.3, -0.25) is 4.79 Å². The number of hydrogen-bond donors (Lipinski definition) is 1. The monoisotopic (exact) mass is 708 g/mol. The van der Waals surface area contributed by atoms with Crippen molar-refractivity contribution in [2.45, 2.75) is 67.9 Å². The summed E-state index contributed by atoms with van der Waals surface area (Å²) in [4.78, 5) is 15.2. The third-order valence-corrected chi connectivity index (χ3v) is 12.0. The van der Waals surface area contributed by atoms with Gasteiger partial charge in [0.1, 0.15) is 11.5 Å². The molecule has 0 unspecified atom stereocenters. The Morgan fingerprint density at radius 2 is 1.55 bits per heavy atom. The minimum atomic E-state index is -4.59. The molecule has 1 amide bonds. The molecule has 0 aromatic heterocycles. The smallest absolute Gasteiger partial charge is 0.298 e. The standard InChI is InChI=1S/C38H39ClF2N2O5S/c1-47-35-21-29(13-18-34(35)24-9-14-30(39)15-10-24)38(40,41)36(37(44)43-22-27-5-4-6-28(27)23-43)42-49(45,46)33-17-12-25-19-32(16-11-26(25)20-33)48-31-7-2-3-8-31/h9-21,27-28,31,36,42H,2-8,22-23H2,1H3/t27-,28+,36-/m0/s1. The first-order chi connectivity index (χ1) is 23.5. The van der Waals surface area contributed by atoms with Crippen molar-refractivity contribution >= 4 is 38.3 Å². The summed E-state index contributed by atoms with van der Waals surface area (Å²) in [6.07, 6.45) is 7.34. The van der Waals surface area contributed by atoms with Gasteiger partial charge in [-0.1, -0.05) is 54.4 Å². The van der Waals surface area contributed by atoms with E-state index in [2.05, 4.69) is 4.72 Å². The van der Waals surface area contributed by atoms with Crippen LogP contribution in [0.2, 0.25) is 5.02 Å². The zero-order chi connectivity index (χ0) is 34.3. The Morgan fingerprint density at radius 1 is 0.878 bits per heavy atom. The maximum atomic E-state index is 16.8. The van der Waals surface area contributed by atoms with Gasteiger partial charge in [0.2, 0.25) is 15.9 Å². The van der Waals surface area contributed by atoms with E-state index in [0.717, 1.165) is 50.3 Å². The molecule has 3 fully saturated rings. The van der Waals surface area contributed by atoms with Crippen molar-refractivity contribution in [3.05, 3.63) is 89.4 Å². The molecular weight excluding hydrogens is 670 g/mol. The highest BCUT2D eigenvalue weighted by molar-refractivity contribution is 7.89. The summed E-state index contributed by atoms with van der Waals surface area (Å²) >= 11 is 6.04. The summed E-state index contributed by atoms with van der Waals surface area (Å²) in [5.74, 6) is -3.57. The first-order valence-corrected chi connectivity index (χ1v) is 18.7. The van der Waals surface area contributed by atoms with E-state index in [1.807, 2.05) is 6.07 Å². The predicted molar refractivity (Wildman–Crippen MR) is 186 cm³/mol. The molecule has 258 valence electrons. The number of rotatable bonds is 10. The zero-order valence-electron chi connectivity index (χ0n) is 27.2. The number of carbonyl (C=O) groups excluding carboxylic acids is 1. The minimum Gasteiger partial charge on any atom is -0.496 e. The fraction of sp³-hybridized carbons (Fsp3) is 0.395. The number of likely N-dealkylation sites (tertiary alicyclic amines) is 1. The van der Waals surface area contributed by atoms with Crippen LogP contribution >= 0.6 is 11.6 Å². The molecule has 1 saturated heterocycles. The average molecular weight is 709 g/mol. The second kappa shape index (κ2) is 13.5. The molecule has 7 nitrogen and oxygen atoms in total. The van der Waals surface area contributed by atoms with Gasteiger partial charge in [0.05, 0.1) is 18.1 Å². The molecule has 3 aliphatic rings. The van der Waals surface area contributed by atoms with Gasteiger partial charge in [0.15, 0.2) is 6.04 Å². The molecule has 2 saturated carbocycles. The number of methoxy groups -OCH3 is 1. The summed E-state index contributed by atoms with van der Waals surface area (Å²) in [5.41, 5.74) is 0.694. The van der Waals surface area contributed by atoms with Crippen LogP contribution in [0.3, 0.4) is 0 Å². The lowest BCUT2D eigenvalue weighted by Gasteiger charge is -2.31. The second-order valence-corrected chi connectivity index (χ2v) is 15.6. The van der Waals surface area contributed by atoms with Crippen LogP contribution in [0.15, 0.2) is 83.8 Å². The lowest BCUT2D eigenvalue weighted by atomic mass is 9.96. The highest BCUT2D eigenvalue weighted by Gasteiger charge is 2.52. The lowest BCUT2D eigenvalue weighted by Crippen LogP contribution is -2.56. The number of benzene rings is 4. The third kappa shape index (κ3) is 6.87. The number of hydrogen-bond acceptors (Lipinski definition) is 5. The molecule has 0 radical (unpaired) electrons. The van der Waals surface area contributed by atoms with E-state index in [4.69, 9.17) is 21.1 Å². The van der Waals surface area contributed by atoms with E-state index in [1.165, 1.54) is 42.3 Å². The van der Waals surface area contributed by atoms with Crippen molar-refractivity contribution in [1.82, 2.24) is 9.62 Å². The number of amides is 1. The Balaban J connectivity index is 1.21. The Bertz CT molecular complexity index is 1950. The molecule has 0 bridgehead atoms. The van der Waals surface area contributed by atoms with Gasteiger partial charge in [0.25, 0.3) is 5.92 Å². The van der Waals surface area contributed by atoms with Crippen molar-refractivity contribution in [2.24, 2.45) is 11.8 Å². The van der Waals surface area contributed by atoms with E-state index < -0.39 is 33.5 Å². The van der Waals surface area contributed by atoms with Crippen LogP contribution in [0, 0.1) is 11.8 Å². The summed E-state index contributed by atoms with van der Waals surface area (Å²) < 4.78 is 75.1. The van der Waals surface area contributed by atoms with Crippen LogP contribution in [0.5, 0.6) is 11.5 Å². The molecule has 3 atom stereocenters. The molecule has 7 rings (SSSR count). The van der Waals surface area contributed by atoms with Crippen molar-refractivity contribution in [1.29, 1.82) is 0 Å². The Kier molecular flexibility index (Phi) is 9.32. The number of sulfonamides is 1. The highest BCUT2D eigenvalue weighted by atomic mass is 35.5. The van der Waals surface area contributed by atoms with E-state index in [-0.39, 0.29) is 28.6 Å². The van der Waals surface area contributed by atoms with Gasteiger partial charge in [-0.2, -0.15) is 13.5 Å². The van der Waals surface area contributed by atoms with Crippen LogP contribution in [-0.4, -0.2) is 51.6 Å². The SMILES string of the molecule is COc1cc(C(F)(F)[C@@H](NS(=O)(=O)c2ccc3cc(OC4CCCC4)ccc3c2)C(=O)N2C[C@H]3CCC[C@H]3C2)ccc1-c1ccc(Cl)cc1. The summed E-state index contributed by atoms with van der Waals surface area (Å²) in [6, 6.07) is 18.2. The zero-order valence-corrected chi connectivity index (χ0v) is 28.8. The number of carbonyl (C=O) groups is 1. The van der Waals surface area contributed by atoms with Gasteiger partial charge in [-0.25, -0.2) is 8.42 Å². The lowest BCUT2D eigenvalue weighted by molar-refractivity contribution is -0.143. The van der Waals surface area contributed by atoms with Crippen molar-refractivity contribution in [3.8, 4) is 22.6 Å². The van der Waals surface area contributed by atoms with Gasteiger partial charge in [-0.15, -0.1) is 0 Å². The minimum absolute atomic E-state index is 0.148. The first kappa shape index (κ1) is 33.8. The normalized spacial score (nSPS) is 20.4. The summed E-state index contributed by atoms with van der Waals surface area (Å²) in [6.45, 7) is 0.662. The Labute approximate surface area is 290 Å². The number of nitrogens with one attached hydrogen (secondary N) is 1. The molecule has 1 heterocycles. The largest absolute Gasteiger partial charge is 0.496 e. The van der Waals surface area contributed by atoms with Crippen molar-refractivity contribution in [3.63, 3.8) is 0 Å². The van der Waals surface area contributed by atoms with E-state index in [1.54, 1.807) is 42.5 Å². The first-order valence-electron chi connectivity index (χ1n) is 16.9. The number of ether oxygens (including phenoxy) is 2. The van der Waals surface area contributed by atoms with Gasteiger partial charge >= 0.3 is 0 Å². The van der Waals surface area contributed by atoms with Crippen LogP contribution in [-0.2, 0) is 20.7 Å². The van der Waals surface area contributed by atoms with Crippen molar-refractivity contribution < 1.29 is 31.5 Å².